The average molecular weight is 600 g/mol. The van der Waals surface area contributed by atoms with Crippen LogP contribution in [0, 0.1) is 0 Å². The molecule has 1 unspecified atom stereocenters. The van der Waals surface area contributed by atoms with Crippen molar-refractivity contribution in [2.75, 3.05) is 19.0 Å². The Balaban J connectivity index is 1.40. The summed E-state index contributed by atoms with van der Waals surface area (Å²) in [5, 5.41) is 6.51. The van der Waals surface area contributed by atoms with Crippen LogP contribution in [0.1, 0.15) is 43.9 Å². The number of aromatic nitrogens is 3. The highest BCUT2D eigenvalue weighted by Crippen LogP contribution is 2.28. The normalized spacial score (nSPS) is 16.4. The number of nitrogens with two attached hydrogens (primary N) is 1. The third kappa shape index (κ3) is 6.50. The molecule has 0 saturated carbocycles. The summed E-state index contributed by atoms with van der Waals surface area (Å²) in [5.41, 5.74) is 7.27. The summed E-state index contributed by atoms with van der Waals surface area (Å²) in [6.45, 7) is 3.56. The van der Waals surface area contributed by atoms with Crippen LogP contribution in [0.15, 0.2) is 73.3 Å². The van der Waals surface area contributed by atoms with Gasteiger partial charge in [0.2, 0.25) is 11.8 Å². The first-order valence-corrected chi connectivity index (χ1v) is 14.5. The molecular formula is C32H37N7O5. The van der Waals surface area contributed by atoms with Crippen molar-refractivity contribution in [2.45, 2.75) is 56.8 Å². The zero-order chi connectivity index (χ0) is 31.4. The third-order valence-electron chi connectivity index (χ3n) is 7.82. The monoisotopic (exact) mass is 599 g/mol. The Labute approximate surface area is 255 Å². The highest BCUT2D eigenvalue weighted by molar-refractivity contribution is 5.98. The van der Waals surface area contributed by atoms with E-state index in [0.29, 0.717) is 24.9 Å². The van der Waals surface area contributed by atoms with E-state index in [4.69, 9.17) is 10.5 Å². The van der Waals surface area contributed by atoms with Crippen LogP contribution < -0.4 is 16.4 Å². The van der Waals surface area contributed by atoms with Gasteiger partial charge in [-0.15, -0.1) is 0 Å². The molecule has 230 valence electrons. The third-order valence-corrected chi connectivity index (χ3v) is 7.82. The molecule has 5 N–H and O–H groups in total. The van der Waals surface area contributed by atoms with Crippen LogP contribution in [-0.4, -0.2) is 74.4 Å². The van der Waals surface area contributed by atoms with Crippen molar-refractivity contribution in [3.05, 3.63) is 84.4 Å². The Morgan fingerprint density at radius 2 is 1.84 bits per heavy atom. The molecule has 3 heterocycles. The van der Waals surface area contributed by atoms with Crippen molar-refractivity contribution < 1.29 is 23.9 Å². The molecule has 2 aromatic heterocycles. The van der Waals surface area contributed by atoms with Crippen molar-refractivity contribution >= 4 is 40.4 Å². The second-order valence-corrected chi connectivity index (χ2v) is 11.5. The first-order valence-electron chi connectivity index (χ1n) is 14.5. The number of nitrogens with one attached hydrogen (secondary N) is 3. The molecule has 0 bridgehead atoms. The molecule has 12 heteroatoms. The zero-order valence-electron chi connectivity index (χ0n) is 24.9. The van der Waals surface area contributed by atoms with Gasteiger partial charge < -0.3 is 35.6 Å². The van der Waals surface area contributed by atoms with Gasteiger partial charge in [-0.25, -0.2) is 9.78 Å². The van der Waals surface area contributed by atoms with Crippen molar-refractivity contribution in [1.82, 2.24) is 24.8 Å². The molecule has 0 spiro atoms. The predicted molar refractivity (Wildman–Crippen MR) is 164 cm³/mol. The van der Waals surface area contributed by atoms with E-state index in [1.54, 1.807) is 29.5 Å². The molecule has 44 heavy (non-hydrogen) atoms. The van der Waals surface area contributed by atoms with Gasteiger partial charge in [0.15, 0.2) is 5.82 Å². The lowest BCUT2D eigenvalue weighted by molar-refractivity contribution is -0.151. The first kappa shape index (κ1) is 30.5. The average Bonchev–Trinajstić information content (AvgIpc) is 3.77. The van der Waals surface area contributed by atoms with Crippen molar-refractivity contribution in [3.63, 3.8) is 0 Å². The van der Waals surface area contributed by atoms with Crippen molar-refractivity contribution in [3.8, 4) is 0 Å². The number of esters is 1. The quantitative estimate of drug-likeness (QED) is 0.203. The molecule has 12 nitrogen and oxygen atoms in total. The minimum Gasteiger partial charge on any atom is -0.467 e. The Morgan fingerprint density at radius 3 is 2.57 bits per heavy atom. The summed E-state index contributed by atoms with van der Waals surface area (Å²) in [4.78, 5) is 61.9. The fourth-order valence-corrected chi connectivity index (χ4v) is 5.48. The maximum atomic E-state index is 13.9. The lowest BCUT2D eigenvalue weighted by Gasteiger charge is -2.28. The Morgan fingerprint density at radius 1 is 1.11 bits per heavy atom. The number of methoxy groups -OCH3 is 1. The number of aromatic amines is 1. The van der Waals surface area contributed by atoms with E-state index < -0.39 is 41.4 Å². The van der Waals surface area contributed by atoms with E-state index in [2.05, 4.69) is 20.6 Å². The maximum absolute atomic E-state index is 13.9. The molecule has 1 saturated heterocycles. The molecule has 2 aromatic carbocycles. The van der Waals surface area contributed by atoms with E-state index >= 15 is 0 Å². The lowest BCUT2D eigenvalue weighted by atomic mass is 10.0. The second kappa shape index (κ2) is 12.7. The van der Waals surface area contributed by atoms with Crippen LogP contribution in [0.4, 0.5) is 5.82 Å². The Kier molecular flexibility index (Phi) is 8.81. The number of imidazole rings is 1. The summed E-state index contributed by atoms with van der Waals surface area (Å²) >= 11 is 0. The molecule has 1 aliphatic rings. The molecular weight excluding hydrogens is 562 g/mol. The summed E-state index contributed by atoms with van der Waals surface area (Å²) in [5.74, 6) is -1.52. The lowest BCUT2D eigenvalue weighted by Crippen LogP contribution is -2.55. The van der Waals surface area contributed by atoms with Crippen LogP contribution in [-0.2, 0) is 30.3 Å². The van der Waals surface area contributed by atoms with Crippen molar-refractivity contribution in [2.24, 2.45) is 5.73 Å². The number of para-hydroxylation sites is 1. The maximum Gasteiger partial charge on any atom is 0.328 e. The number of nitrogens with zero attached hydrogens (tertiary/aromatic N) is 3. The fraction of sp³-hybridized carbons (Fsp3) is 0.344. The van der Waals surface area contributed by atoms with Gasteiger partial charge in [0.25, 0.3) is 5.91 Å². The summed E-state index contributed by atoms with van der Waals surface area (Å²) in [7, 11) is 1.31. The molecule has 4 aromatic rings. The molecule has 3 atom stereocenters. The van der Waals surface area contributed by atoms with Gasteiger partial charge in [-0.1, -0.05) is 48.5 Å². The van der Waals surface area contributed by atoms with Gasteiger partial charge in [0, 0.05) is 36.3 Å². The minimum absolute atomic E-state index is 0.194. The van der Waals surface area contributed by atoms with E-state index in [1.165, 1.54) is 13.4 Å². The number of ether oxygens (including phenoxy) is 1. The SMILES string of the molecule is COC(=O)[C@@H]1CCCN1C(=O)C(c1ccccc1)n1cnc(NC(=O)[C@@H](Cc2c[nH]c3ccccc23)NC(=O)C(C)(C)N)c1. The number of likely N-dealkylation sites (tertiary alicyclic amines) is 1. The number of H-pyrrole nitrogens is 1. The standard InChI is InChI=1S/C32H37N7O5/c1-32(2,33)31(43)36-24(16-21-17-34-23-13-8-7-12-22(21)23)28(40)37-26-18-38(19-35-26)27(20-10-5-4-6-11-20)29(41)39-15-9-14-25(39)30(42)44-3/h4-8,10-13,17-19,24-25,27,34H,9,14-16,33H2,1-3H3,(H,36,43)(H,37,40)/t24-,25+,27?/m1/s1. The number of hydrogen-bond acceptors (Lipinski definition) is 7. The van der Waals surface area contributed by atoms with Gasteiger partial charge in [-0.3, -0.25) is 14.4 Å². The zero-order valence-corrected chi connectivity index (χ0v) is 24.9. The summed E-state index contributed by atoms with van der Waals surface area (Å²) in [6.07, 6.45) is 6.25. The Bertz CT molecular complexity index is 1660. The largest absolute Gasteiger partial charge is 0.467 e. The van der Waals surface area contributed by atoms with Gasteiger partial charge in [0.1, 0.15) is 18.1 Å². The van der Waals surface area contributed by atoms with E-state index in [0.717, 1.165) is 16.5 Å². The first-order chi connectivity index (χ1) is 21.1. The van der Waals surface area contributed by atoms with Crippen molar-refractivity contribution in [1.29, 1.82) is 0 Å². The van der Waals surface area contributed by atoms with Crippen LogP contribution in [0.25, 0.3) is 10.9 Å². The number of amides is 3. The molecule has 1 fully saturated rings. The number of rotatable bonds is 10. The van der Waals surface area contributed by atoms with Crippen LogP contribution in [0.3, 0.4) is 0 Å². The van der Waals surface area contributed by atoms with E-state index in [-0.39, 0.29) is 18.1 Å². The number of anilines is 1. The highest BCUT2D eigenvalue weighted by Gasteiger charge is 2.39. The Hall–Kier alpha value is -4.97. The van der Waals surface area contributed by atoms with Crippen LogP contribution >= 0.6 is 0 Å². The molecule has 5 rings (SSSR count). The smallest absolute Gasteiger partial charge is 0.328 e. The van der Waals surface area contributed by atoms with Gasteiger partial charge in [-0.2, -0.15) is 0 Å². The highest BCUT2D eigenvalue weighted by atomic mass is 16.5. The topological polar surface area (TPSA) is 164 Å². The van der Waals surface area contributed by atoms with Crippen LogP contribution in [0.5, 0.6) is 0 Å². The molecule has 0 aliphatic carbocycles. The molecule has 3 amide bonds. The van der Waals surface area contributed by atoms with E-state index in [1.807, 2.05) is 60.8 Å². The van der Waals surface area contributed by atoms with E-state index in [9.17, 15) is 19.2 Å². The number of carbonyl (C=O) groups is 4. The number of hydrogen-bond donors (Lipinski definition) is 4. The number of carbonyl (C=O) groups excluding carboxylic acids is 4. The molecule has 1 aliphatic heterocycles. The number of fused-ring (bicyclic) bond motifs is 1. The fourth-order valence-electron chi connectivity index (χ4n) is 5.48. The van der Waals surface area contributed by atoms with Gasteiger partial charge in [-0.05, 0) is 43.9 Å². The van der Waals surface area contributed by atoms with Crippen LogP contribution in [0.2, 0.25) is 0 Å². The summed E-state index contributed by atoms with van der Waals surface area (Å²) in [6, 6.07) is 14.4. The summed E-state index contributed by atoms with van der Waals surface area (Å²) < 4.78 is 6.55. The van der Waals surface area contributed by atoms with Gasteiger partial charge in [0.05, 0.1) is 19.0 Å². The minimum atomic E-state index is -1.21. The molecule has 0 radical (unpaired) electrons. The van der Waals surface area contributed by atoms with Gasteiger partial charge >= 0.3 is 5.97 Å². The number of benzene rings is 2. The predicted octanol–water partition coefficient (Wildman–Crippen LogP) is 2.52. The second-order valence-electron chi connectivity index (χ2n) is 11.5.